The standard InChI is InChI=1S/C13H16N4O3/c1-8-3-4-10-9(7-8)11(18)16-12(15-10)14-5-6-17(2)13(19)20/h3-4,7H,5-6H2,1-2H3,(H,19,20)(H2,14,15,16,18). The van der Waals surface area contributed by atoms with Crippen LogP contribution in [-0.2, 0) is 0 Å². The Balaban J connectivity index is 2.14. The number of H-pyrrole nitrogens is 1. The van der Waals surface area contributed by atoms with Crippen molar-refractivity contribution >= 4 is 22.9 Å². The number of aromatic amines is 1. The van der Waals surface area contributed by atoms with Gasteiger partial charge in [-0.15, -0.1) is 0 Å². The van der Waals surface area contributed by atoms with Crippen LogP contribution in [0.25, 0.3) is 10.9 Å². The van der Waals surface area contributed by atoms with Crippen LogP contribution in [0.2, 0.25) is 0 Å². The molecule has 0 saturated heterocycles. The number of benzene rings is 1. The largest absolute Gasteiger partial charge is 0.465 e. The van der Waals surface area contributed by atoms with Gasteiger partial charge in [-0.3, -0.25) is 9.78 Å². The number of fused-ring (bicyclic) bond motifs is 1. The highest BCUT2D eigenvalue weighted by molar-refractivity contribution is 5.79. The SMILES string of the molecule is Cc1ccc2nc(NCCN(C)C(=O)O)[nH]c(=O)c2c1. The number of hydrogen-bond donors (Lipinski definition) is 3. The Labute approximate surface area is 115 Å². The van der Waals surface area contributed by atoms with Crippen molar-refractivity contribution < 1.29 is 9.90 Å². The third kappa shape index (κ3) is 3.05. The van der Waals surface area contributed by atoms with Gasteiger partial charge >= 0.3 is 6.09 Å². The van der Waals surface area contributed by atoms with Crippen LogP contribution >= 0.6 is 0 Å². The number of carboxylic acid groups (broad SMARTS) is 1. The number of amides is 1. The molecule has 7 nitrogen and oxygen atoms in total. The minimum Gasteiger partial charge on any atom is -0.465 e. The monoisotopic (exact) mass is 276 g/mol. The van der Waals surface area contributed by atoms with Gasteiger partial charge in [0.2, 0.25) is 5.95 Å². The van der Waals surface area contributed by atoms with Gasteiger partial charge in [-0.25, -0.2) is 9.78 Å². The molecule has 0 aliphatic carbocycles. The van der Waals surface area contributed by atoms with Crippen molar-refractivity contribution in [3.63, 3.8) is 0 Å². The first-order valence-electron chi connectivity index (χ1n) is 6.16. The second kappa shape index (κ2) is 5.60. The fourth-order valence-corrected chi connectivity index (χ4v) is 1.77. The van der Waals surface area contributed by atoms with Gasteiger partial charge in [-0.1, -0.05) is 11.6 Å². The van der Waals surface area contributed by atoms with E-state index in [0.717, 1.165) is 10.5 Å². The first kappa shape index (κ1) is 13.9. The van der Waals surface area contributed by atoms with E-state index in [2.05, 4.69) is 15.3 Å². The second-order valence-corrected chi connectivity index (χ2v) is 4.57. The fraction of sp³-hybridized carbons (Fsp3) is 0.308. The molecule has 0 radical (unpaired) electrons. The maximum atomic E-state index is 11.9. The number of aryl methyl sites for hydroxylation is 1. The lowest BCUT2D eigenvalue weighted by molar-refractivity contribution is 0.157. The molecule has 1 amide bonds. The van der Waals surface area contributed by atoms with E-state index in [1.807, 2.05) is 13.0 Å². The average Bonchev–Trinajstić information content (AvgIpc) is 2.39. The van der Waals surface area contributed by atoms with Crippen molar-refractivity contribution in [1.29, 1.82) is 0 Å². The van der Waals surface area contributed by atoms with Crippen molar-refractivity contribution in [1.82, 2.24) is 14.9 Å². The van der Waals surface area contributed by atoms with Crippen molar-refractivity contribution in [3.05, 3.63) is 34.1 Å². The minimum atomic E-state index is -0.998. The minimum absolute atomic E-state index is 0.215. The Morgan fingerprint density at radius 1 is 1.50 bits per heavy atom. The van der Waals surface area contributed by atoms with E-state index >= 15 is 0 Å². The number of aromatic nitrogens is 2. The summed E-state index contributed by atoms with van der Waals surface area (Å²) in [6, 6.07) is 5.45. The molecule has 20 heavy (non-hydrogen) atoms. The molecule has 1 heterocycles. The lowest BCUT2D eigenvalue weighted by Gasteiger charge is -2.13. The molecule has 7 heteroatoms. The van der Waals surface area contributed by atoms with Gasteiger partial charge in [-0.2, -0.15) is 0 Å². The zero-order valence-corrected chi connectivity index (χ0v) is 11.3. The number of rotatable bonds is 4. The first-order valence-corrected chi connectivity index (χ1v) is 6.16. The summed E-state index contributed by atoms with van der Waals surface area (Å²) in [5.41, 5.74) is 1.38. The first-order chi connectivity index (χ1) is 9.47. The summed E-state index contributed by atoms with van der Waals surface area (Å²) in [5.74, 6) is 0.338. The molecule has 2 rings (SSSR count). The third-order valence-electron chi connectivity index (χ3n) is 2.93. The van der Waals surface area contributed by atoms with Crippen LogP contribution in [0, 0.1) is 6.92 Å². The third-order valence-corrected chi connectivity index (χ3v) is 2.93. The lowest BCUT2D eigenvalue weighted by atomic mass is 10.2. The molecule has 0 fully saturated rings. The normalized spacial score (nSPS) is 10.5. The van der Waals surface area contributed by atoms with Gasteiger partial charge in [-0.05, 0) is 19.1 Å². The highest BCUT2D eigenvalue weighted by atomic mass is 16.4. The quantitative estimate of drug-likeness (QED) is 0.780. The van der Waals surface area contributed by atoms with E-state index < -0.39 is 6.09 Å². The molecule has 0 aliphatic rings. The highest BCUT2D eigenvalue weighted by Crippen LogP contribution is 2.10. The molecule has 0 saturated carbocycles. The van der Waals surface area contributed by atoms with Crippen LogP contribution < -0.4 is 10.9 Å². The van der Waals surface area contributed by atoms with Gasteiger partial charge in [0.1, 0.15) is 0 Å². The lowest BCUT2D eigenvalue weighted by Crippen LogP contribution is -2.30. The molecule has 106 valence electrons. The van der Waals surface area contributed by atoms with Crippen LogP contribution in [0.3, 0.4) is 0 Å². The van der Waals surface area contributed by atoms with Crippen molar-refractivity contribution in [2.45, 2.75) is 6.92 Å². The molecule has 2 aromatic rings. The van der Waals surface area contributed by atoms with Gasteiger partial charge in [0.05, 0.1) is 10.9 Å². The summed E-state index contributed by atoms with van der Waals surface area (Å²) in [6.07, 6.45) is -0.998. The van der Waals surface area contributed by atoms with E-state index in [9.17, 15) is 9.59 Å². The molecule has 0 aliphatic heterocycles. The Hall–Kier alpha value is -2.57. The van der Waals surface area contributed by atoms with Crippen LogP contribution in [-0.4, -0.2) is 46.2 Å². The van der Waals surface area contributed by atoms with Gasteiger partial charge in [0, 0.05) is 20.1 Å². The van der Waals surface area contributed by atoms with Crippen LogP contribution in [0.5, 0.6) is 0 Å². The zero-order valence-electron chi connectivity index (χ0n) is 11.3. The number of nitrogens with one attached hydrogen (secondary N) is 2. The number of nitrogens with zero attached hydrogens (tertiary/aromatic N) is 2. The smallest absolute Gasteiger partial charge is 0.407 e. The predicted octanol–water partition coefficient (Wildman–Crippen LogP) is 1.25. The van der Waals surface area contributed by atoms with E-state index in [-0.39, 0.29) is 5.56 Å². The molecule has 1 aromatic carbocycles. The Morgan fingerprint density at radius 3 is 2.95 bits per heavy atom. The molecule has 0 bridgehead atoms. The predicted molar refractivity (Wildman–Crippen MR) is 76.2 cm³/mol. The Morgan fingerprint density at radius 2 is 2.25 bits per heavy atom. The second-order valence-electron chi connectivity index (χ2n) is 4.57. The van der Waals surface area contributed by atoms with E-state index in [1.54, 1.807) is 12.1 Å². The zero-order chi connectivity index (χ0) is 14.7. The maximum absolute atomic E-state index is 11.9. The maximum Gasteiger partial charge on any atom is 0.407 e. The fourth-order valence-electron chi connectivity index (χ4n) is 1.77. The van der Waals surface area contributed by atoms with Crippen molar-refractivity contribution in [3.8, 4) is 0 Å². The van der Waals surface area contributed by atoms with E-state index in [0.29, 0.717) is 29.9 Å². The van der Waals surface area contributed by atoms with Crippen LogP contribution in [0.15, 0.2) is 23.0 Å². The molecule has 1 aromatic heterocycles. The van der Waals surface area contributed by atoms with E-state index in [4.69, 9.17) is 5.11 Å². The molecular weight excluding hydrogens is 260 g/mol. The number of hydrogen-bond acceptors (Lipinski definition) is 4. The summed E-state index contributed by atoms with van der Waals surface area (Å²) >= 11 is 0. The molecule has 0 atom stereocenters. The van der Waals surface area contributed by atoms with Gasteiger partial charge in [0.15, 0.2) is 0 Å². The van der Waals surface area contributed by atoms with Gasteiger partial charge in [0.25, 0.3) is 5.56 Å². The van der Waals surface area contributed by atoms with Crippen LogP contribution in [0.4, 0.5) is 10.7 Å². The number of carbonyl (C=O) groups is 1. The Bertz CT molecular complexity index is 696. The van der Waals surface area contributed by atoms with Crippen molar-refractivity contribution in [2.24, 2.45) is 0 Å². The highest BCUT2D eigenvalue weighted by Gasteiger charge is 2.06. The molecule has 3 N–H and O–H groups in total. The van der Waals surface area contributed by atoms with Crippen molar-refractivity contribution in [2.75, 3.05) is 25.5 Å². The van der Waals surface area contributed by atoms with E-state index in [1.165, 1.54) is 7.05 Å². The Kier molecular flexibility index (Phi) is 3.88. The molecule has 0 unspecified atom stereocenters. The summed E-state index contributed by atoms with van der Waals surface area (Å²) in [5, 5.41) is 12.2. The van der Waals surface area contributed by atoms with Gasteiger partial charge < -0.3 is 15.3 Å². The summed E-state index contributed by atoms with van der Waals surface area (Å²) in [7, 11) is 1.48. The summed E-state index contributed by atoms with van der Waals surface area (Å²) in [4.78, 5) is 30.6. The molecular formula is C13H16N4O3. The average molecular weight is 276 g/mol. The summed E-state index contributed by atoms with van der Waals surface area (Å²) < 4.78 is 0. The number of anilines is 1. The summed E-state index contributed by atoms with van der Waals surface area (Å²) in [6.45, 7) is 2.57. The number of likely N-dealkylation sites (N-methyl/N-ethyl adjacent to an activating group) is 1. The topological polar surface area (TPSA) is 98.3 Å². The molecule has 0 spiro atoms. The van der Waals surface area contributed by atoms with Crippen LogP contribution in [0.1, 0.15) is 5.56 Å².